The SMILES string of the molecule is N#Cc1c(NC(=O)CSc2nc3c(c(=O)[nH]2)CSC3)sc2c1CCCC2. The summed E-state index contributed by atoms with van der Waals surface area (Å²) in [5.74, 6) is 1.39. The van der Waals surface area contributed by atoms with E-state index in [0.717, 1.165) is 48.3 Å². The van der Waals surface area contributed by atoms with Gasteiger partial charge in [0.1, 0.15) is 11.1 Å². The summed E-state index contributed by atoms with van der Waals surface area (Å²) in [5, 5.41) is 13.4. The van der Waals surface area contributed by atoms with E-state index in [1.807, 2.05) is 0 Å². The number of carbonyl (C=O) groups is 1. The van der Waals surface area contributed by atoms with Crippen LogP contribution in [-0.4, -0.2) is 21.6 Å². The van der Waals surface area contributed by atoms with Crippen LogP contribution in [0.25, 0.3) is 0 Å². The first-order valence-corrected chi connectivity index (χ1v) is 11.3. The van der Waals surface area contributed by atoms with Crippen molar-refractivity contribution in [3.05, 3.63) is 37.6 Å². The molecule has 0 saturated heterocycles. The molecule has 0 radical (unpaired) electrons. The molecule has 6 nitrogen and oxygen atoms in total. The Morgan fingerprint density at radius 3 is 3.00 bits per heavy atom. The maximum absolute atomic E-state index is 12.3. The Morgan fingerprint density at radius 1 is 1.31 bits per heavy atom. The number of rotatable bonds is 4. The van der Waals surface area contributed by atoms with Gasteiger partial charge in [-0.2, -0.15) is 17.0 Å². The predicted octanol–water partition coefficient (Wildman–Crippen LogP) is 3.06. The highest BCUT2D eigenvalue weighted by atomic mass is 32.2. The number of hydrogen-bond donors (Lipinski definition) is 2. The topological polar surface area (TPSA) is 98.6 Å². The number of carbonyl (C=O) groups excluding carboxylic acids is 1. The van der Waals surface area contributed by atoms with E-state index in [1.165, 1.54) is 28.0 Å². The molecule has 1 amide bonds. The third-order valence-electron chi connectivity index (χ3n) is 4.44. The van der Waals surface area contributed by atoms with Gasteiger partial charge in [0.15, 0.2) is 5.16 Å². The third-order valence-corrected chi connectivity index (χ3v) is 7.49. The quantitative estimate of drug-likeness (QED) is 0.600. The molecule has 2 aliphatic rings. The third kappa shape index (κ3) is 3.41. The average molecular weight is 405 g/mol. The monoisotopic (exact) mass is 404 g/mol. The van der Waals surface area contributed by atoms with Gasteiger partial charge in [-0.1, -0.05) is 11.8 Å². The van der Waals surface area contributed by atoms with E-state index in [1.54, 1.807) is 11.8 Å². The summed E-state index contributed by atoms with van der Waals surface area (Å²) < 4.78 is 0. The van der Waals surface area contributed by atoms with Gasteiger partial charge in [-0.15, -0.1) is 11.3 Å². The fourth-order valence-electron chi connectivity index (χ4n) is 3.18. The molecule has 0 fully saturated rings. The number of anilines is 1. The largest absolute Gasteiger partial charge is 0.316 e. The number of nitrogens with one attached hydrogen (secondary N) is 2. The number of thiophene rings is 1. The average Bonchev–Trinajstić information content (AvgIpc) is 3.24. The minimum Gasteiger partial charge on any atom is -0.316 e. The lowest BCUT2D eigenvalue weighted by Gasteiger charge is -2.09. The lowest BCUT2D eigenvalue weighted by Crippen LogP contribution is -2.17. The van der Waals surface area contributed by atoms with Crippen LogP contribution in [0.2, 0.25) is 0 Å². The zero-order valence-corrected chi connectivity index (χ0v) is 16.3. The van der Waals surface area contributed by atoms with Crippen LogP contribution in [-0.2, 0) is 29.1 Å². The van der Waals surface area contributed by atoms with Gasteiger partial charge in [0.05, 0.1) is 17.0 Å². The molecule has 0 unspecified atom stereocenters. The van der Waals surface area contributed by atoms with E-state index in [9.17, 15) is 14.9 Å². The van der Waals surface area contributed by atoms with E-state index < -0.39 is 0 Å². The summed E-state index contributed by atoms with van der Waals surface area (Å²) in [5.41, 5.74) is 3.17. The number of nitrogens with zero attached hydrogens (tertiary/aromatic N) is 2. The number of aryl methyl sites for hydroxylation is 1. The van der Waals surface area contributed by atoms with Crippen molar-refractivity contribution in [3.63, 3.8) is 0 Å². The lowest BCUT2D eigenvalue weighted by atomic mass is 9.96. The van der Waals surface area contributed by atoms with Crippen LogP contribution in [0.1, 0.15) is 40.1 Å². The van der Waals surface area contributed by atoms with Crippen molar-refractivity contribution in [1.29, 1.82) is 5.26 Å². The van der Waals surface area contributed by atoms with Crippen LogP contribution in [0.4, 0.5) is 5.00 Å². The van der Waals surface area contributed by atoms with Crippen molar-refractivity contribution < 1.29 is 4.79 Å². The van der Waals surface area contributed by atoms with Crippen LogP contribution in [0.15, 0.2) is 9.95 Å². The Kier molecular flexibility index (Phi) is 5.07. The minimum atomic E-state index is -0.192. The van der Waals surface area contributed by atoms with E-state index in [-0.39, 0.29) is 17.2 Å². The zero-order valence-electron chi connectivity index (χ0n) is 13.9. The van der Waals surface area contributed by atoms with Gasteiger partial charge in [0.25, 0.3) is 5.56 Å². The predicted molar refractivity (Wildman–Crippen MR) is 105 cm³/mol. The number of aromatic amines is 1. The first kappa shape index (κ1) is 17.6. The van der Waals surface area contributed by atoms with Crippen LogP contribution < -0.4 is 10.9 Å². The molecule has 0 bridgehead atoms. The Morgan fingerprint density at radius 2 is 2.15 bits per heavy atom. The molecule has 1 aliphatic heterocycles. The van der Waals surface area contributed by atoms with Crippen LogP contribution in [0, 0.1) is 11.3 Å². The molecule has 2 aromatic heterocycles. The van der Waals surface area contributed by atoms with Crippen molar-refractivity contribution >= 4 is 45.8 Å². The van der Waals surface area contributed by atoms with E-state index in [0.29, 0.717) is 21.5 Å². The van der Waals surface area contributed by atoms with Crippen LogP contribution in [0.5, 0.6) is 0 Å². The molecular formula is C17H16N4O2S3. The molecule has 3 heterocycles. The van der Waals surface area contributed by atoms with Gasteiger partial charge >= 0.3 is 0 Å². The number of thioether (sulfide) groups is 2. The summed E-state index contributed by atoms with van der Waals surface area (Å²) in [6, 6.07) is 2.25. The van der Waals surface area contributed by atoms with Gasteiger partial charge in [-0.25, -0.2) is 4.98 Å². The summed E-state index contributed by atoms with van der Waals surface area (Å²) >= 11 is 4.39. The second-order valence-electron chi connectivity index (χ2n) is 6.15. The van der Waals surface area contributed by atoms with Gasteiger partial charge in [-0.3, -0.25) is 9.59 Å². The summed E-state index contributed by atoms with van der Waals surface area (Å²) in [4.78, 5) is 32.7. The number of hydrogen-bond acceptors (Lipinski definition) is 7. The Bertz CT molecular complexity index is 974. The van der Waals surface area contributed by atoms with Crippen LogP contribution in [0.3, 0.4) is 0 Å². The molecular weight excluding hydrogens is 388 g/mol. The highest BCUT2D eigenvalue weighted by molar-refractivity contribution is 7.99. The van der Waals surface area contributed by atoms with Crippen molar-refractivity contribution in [2.24, 2.45) is 0 Å². The standard InChI is InChI=1S/C17H16N4O2S3/c18-5-10-9-3-1-2-4-13(9)26-16(10)20-14(22)8-25-17-19-12-7-24-6-11(12)15(23)21-17/h1-4,6-8H2,(H,20,22)(H,19,21,23). The fourth-order valence-corrected chi connectivity index (χ4v) is 6.15. The molecule has 0 aromatic carbocycles. The number of amides is 1. The molecule has 2 aromatic rings. The Labute approximate surface area is 162 Å². The van der Waals surface area contributed by atoms with Crippen molar-refractivity contribution in [3.8, 4) is 6.07 Å². The maximum Gasteiger partial charge on any atom is 0.255 e. The molecule has 0 spiro atoms. The molecule has 0 atom stereocenters. The molecule has 2 N–H and O–H groups in total. The highest BCUT2D eigenvalue weighted by Crippen LogP contribution is 2.37. The second kappa shape index (κ2) is 7.47. The first-order chi connectivity index (χ1) is 12.7. The Balaban J connectivity index is 1.44. The first-order valence-electron chi connectivity index (χ1n) is 8.33. The van der Waals surface area contributed by atoms with Crippen molar-refractivity contribution in [2.75, 3.05) is 11.1 Å². The molecule has 134 valence electrons. The van der Waals surface area contributed by atoms with Crippen molar-refractivity contribution in [1.82, 2.24) is 9.97 Å². The Hall–Kier alpha value is -1.76. The molecule has 26 heavy (non-hydrogen) atoms. The van der Waals surface area contributed by atoms with Gasteiger partial charge in [0, 0.05) is 21.9 Å². The van der Waals surface area contributed by atoms with E-state index in [4.69, 9.17) is 0 Å². The molecule has 1 aliphatic carbocycles. The molecule has 4 rings (SSSR count). The minimum absolute atomic E-state index is 0.111. The smallest absolute Gasteiger partial charge is 0.255 e. The summed E-state index contributed by atoms with van der Waals surface area (Å²) in [6.45, 7) is 0. The zero-order chi connectivity index (χ0) is 18.1. The van der Waals surface area contributed by atoms with E-state index >= 15 is 0 Å². The summed E-state index contributed by atoms with van der Waals surface area (Å²) in [7, 11) is 0. The van der Waals surface area contributed by atoms with E-state index in [2.05, 4.69) is 21.4 Å². The maximum atomic E-state index is 12.3. The normalized spacial score (nSPS) is 15.2. The highest BCUT2D eigenvalue weighted by Gasteiger charge is 2.22. The number of nitriles is 1. The van der Waals surface area contributed by atoms with Crippen LogP contribution >= 0.6 is 34.9 Å². The molecule has 0 saturated carbocycles. The number of fused-ring (bicyclic) bond motifs is 2. The van der Waals surface area contributed by atoms with Gasteiger partial charge < -0.3 is 10.3 Å². The number of aromatic nitrogens is 2. The summed E-state index contributed by atoms with van der Waals surface area (Å²) in [6.07, 6.45) is 4.13. The lowest BCUT2D eigenvalue weighted by molar-refractivity contribution is -0.113. The number of H-pyrrole nitrogens is 1. The van der Waals surface area contributed by atoms with Crippen molar-refractivity contribution in [2.45, 2.75) is 42.3 Å². The second-order valence-corrected chi connectivity index (χ2v) is 9.21. The van der Waals surface area contributed by atoms with Gasteiger partial charge in [0.2, 0.25) is 5.91 Å². The fraction of sp³-hybridized carbons (Fsp3) is 0.412. The van der Waals surface area contributed by atoms with Gasteiger partial charge in [-0.05, 0) is 31.2 Å². The molecule has 9 heteroatoms.